The number of ether oxygens (including phenoxy) is 1. The minimum Gasteiger partial charge on any atom is -0.382 e. The number of carbonyl (C=O) groups is 1. The van der Waals surface area contributed by atoms with Crippen LogP contribution in [-0.2, 0) is 10.9 Å². The number of anilines is 1. The summed E-state index contributed by atoms with van der Waals surface area (Å²) in [6.45, 7) is 0.873. The van der Waals surface area contributed by atoms with E-state index in [0.29, 0.717) is 46.6 Å². The number of fused-ring (bicyclic) bond motifs is 3. The number of nitrogens with two attached hydrogens (primary N) is 1. The monoisotopic (exact) mass is 441 g/mol. The van der Waals surface area contributed by atoms with E-state index in [1.54, 1.807) is 40.0 Å². The van der Waals surface area contributed by atoms with E-state index in [2.05, 4.69) is 9.97 Å². The molecule has 1 aliphatic heterocycles. The highest BCUT2D eigenvalue weighted by atomic mass is 19.4. The number of halogens is 3. The number of alkyl halides is 3. The van der Waals surface area contributed by atoms with E-state index >= 15 is 0 Å². The molecule has 1 atom stereocenters. The van der Waals surface area contributed by atoms with Crippen molar-refractivity contribution in [1.82, 2.24) is 19.3 Å². The summed E-state index contributed by atoms with van der Waals surface area (Å²) in [5.41, 5.74) is 8.18. The predicted molar refractivity (Wildman–Crippen MR) is 111 cm³/mol. The van der Waals surface area contributed by atoms with E-state index in [1.165, 1.54) is 12.1 Å². The van der Waals surface area contributed by atoms with Gasteiger partial charge in [0.05, 0.1) is 48.4 Å². The van der Waals surface area contributed by atoms with Crippen molar-refractivity contribution in [1.29, 1.82) is 0 Å². The van der Waals surface area contributed by atoms with Crippen molar-refractivity contribution in [3.05, 3.63) is 71.7 Å². The summed E-state index contributed by atoms with van der Waals surface area (Å²) < 4.78 is 46.1. The molecule has 2 N–H and O–H groups in total. The molecule has 0 radical (unpaired) electrons. The van der Waals surface area contributed by atoms with E-state index in [1.807, 2.05) is 0 Å². The Morgan fingerprint density at radius 3 is 2.66 bits per heavy atom. The van der Waals surface area contributed by atoms with Crippen LogP contribution in [0.1, 0.15) is 27.5 Å². The van der Waals surface area contributed by atoms with Crippen LogP contribution in [0, 0.1) is 0 Å². The first-order valence-electron chi connectivity index (χ1n) is 9.90. The minimum atomic E-state index is -4.42. The lowest BCUT2D eigenvalue weighted by molar-refractivity contribution is -0.137. The molecular weight excluding hydrogens is 423 g/mol. The number of imidazole rings is 1. The number of hydrogen-bond donors (Lipinski definition) is 1. The van der Waals surface area contributed by atoms with Gasteiger partial charge in [-0.25, -0.2) is 9.97 Å². The standard InChI is InChI=1S/C22H18F3N5O2/c23-22(24,25)15-4-1-13(2-5-15)19-11-32-8-7-29(19)21(31)14-3-6-16-17(9-14)30-12-27-10-18(30)20(26)28-16/h1-6,9-10,12,19H,7-8,11H2,(H2,26,28)/t19-/m0/s1. The maximum atomic E-state index is 13.4. The SMILES string of the molecule is Nc1nc2ccc(C(=O)N3CCOC[C@H]3c3ccc(C(F)(F)F)cc3)cc2n2cncc12. The summed E-state index contributed by atoms with van der Waals surface area (Å²) in [6.07, 6.45) is -1.22. The largest absolute Gasteiger partial charge is 0.416 e. The Balaban J connectivity index is 1.50. The lowest BCUT2D eigenvalue weighted by Crippen LogP contribution is -2.43. The van der Waals surface area contributed by atoms with E-state index in [0.717, 1.165) is 12.1 Å². The third-order valence-corrected chi connectivity index (χ3v) is 5.64. The van der Waals surface area contributed by atoms with Gasteiger partial charge in [0.25, 0.3) is 5.91 Å². The molecule has 0 bridgehead atoms. The van der Waals surface area contributed by atoms with Gasteiger partial charge in [-0.05, 0) is 35.9 Å². The van der Waals surface area contributed by atoms with Gasteiger partial charge in [0.1, 0.15) is 11.3 Å². The molecule has 5 rings (SSSR count). The van der Waals surface area contributed by atoms with Crippen molar-refractivity contribution < 1.29 is 22.7 Å². The number of carbonyl (C=O) groups excluding carboxylic acids is 1. The highest BCUT2D eigenvalue weighted by Crippen LogP contribution is 2.32. The normalized spacial score (nSPS) is 17.2. The average Bonchev–Trinajstić information content (AvgIpc) is 3.29. The number of nitrogens with zero attached hydrogens (tertiary/aromatic N) is 4. The Morgan fingerprint density at radius 1 is 1.12 bits per heavy atom. The molecule has 32 heavy (non-hydrogen) atoms. The predicted octanol–water partition coefficient (Wildman–Crippen LogP) is 3.70. The number of nitrogen functional groups attached to an aromatic ring is 1. The Bertz CT molecular complexity index is 1320. The van der Waals surface area contributed by atoms with Gasteiger partial charge in [-0.2, -0.15) is 13.2 Å². The van der Waals surface area contributed by atoms with Crippen molar-refractivity contribution in [2.24, 2.45) is 0 Å². The fourth-order valence-electron chi connectivity index (χ4n) is 3.99. The van der Waals surface area contributed by atoms with Crippen LogP contribution < -0.4 is 5.73 Å². The van der Waals surface area contributed by atoms with E-state index in [9.17, 15) is 18.0 Å². The highest BCUT2D eigenvalue weighted by Gasteiger charge is 2.33. The summed E-state index contributed by atoms with van der Waals surface area (Å²) in [6, 6.07) is 9.44. The first-order chi connectivity index (χ1) is 15.3. The molecular formula is C22H18F3N5O2. The topological polar surface area (TPSA) is 85.8 Å². The number of morpholine rings is 1. The van der Waals surface area contributed by atoms with Crippen LogP contribution in [0.15, 0.2) is 55.0 Å². The fraction of sp³-hybridized carbons (Fsp3) is 0.227. The second-order valence-electron chi connectivity index (χ2n) is 7.56. The second kappa shape index (κ2) is 7.49. The molecule has 0 unspecified atom stereocenters. The fourth-order valence-corrected chi connectivity index (χ4v) is 3.99. The number of rotatable bonds is 2. The Labute approximate surface area is 180 Å². The van der Waals surface area contributed by atoms with Crippen molar-refractivity contribution >= 4 is 28.3 Å². The summed E-state index contributed by atoms with van der Waals surface area (Å²) in [5.74, 6) is 0.0924. The van der Waals surface area contributed by atoms with Crippen LogP contribution in [0.4, 0.5) is 19.0 Å². The smallest absolute Gasteiger partial charge is 0.382 e. The van der Waals surface area contributed by atoms with Crippen LogP contribution in [0.2, 0.25) is 0 Å². The van der Waals surface area contributed by atoms with Crippen molar-refractivity contribution in [3.8, 4) is 0 Å². The number of amides is 1. The maximum Gasteiger partial charge on any atom is 0.416 e. The van der Waals surface area contributed by atoms with Gasteiger partial charge < -0.3 is 15.4 Å². The molecule has 0 saturated carbocycles. The van der Waals surface area contributed by atoms with Crippen LogP contribution >= 0.6 is 0 Å². The van der Waals surface area contributed by atoms with Crippen LogP contribution in [-0.4, -0.2) is 44.9 Å². The Hall–Kier alpha value is -3.66. The average molecular weight is 441 g/mol. The maximum absolute atomic E-state index is 13.4. The van der Waals surface area contributed by atoms with Crippen molar-refractivity contribution in [3.63, 3.8) is 0 Å². The molecule has 7 nitrogen and oxygen atoms in total. The molecule has 0 spiro atoms. The number of hydrogen-bond acceptors (Lipinski definition) is 5. The summed E-state index contributed by atoms with van der Waals surface area (Å²) in [5, 5.41) is 0. The summed E-state index contributed by atoms with van der Waals surface area (Å²) >= 11 is 0. The van der Waals surface area contributed by atoms with Gasteiger partial charge in [0.2, 0.25) is 0 Å². The third-order valence-electron chi connectivity index (χ3n) is 5.64. The third kappa shape index (κ3) is 3.42. The lowest BCUT2D eigenvalue weighted by Gasteiger charge is -2.36. The first kappa shape index (κ1) is 20.3. The zero-order chi connectivity index (χ0) is 22.5. The molecule has 0 aliphatic carbocycles. The van der Waals surface area contributed by atoms with Gasteiger partial charge >= 0.3 is 6.18 Å². The van der Waals surface area contributed by atoms with Gasteiger partial charge in [-0.3, -0.25) is 9.20 Å². The molecule has 3 heterocycles. The molecule has 10 heteroatoms. The molecule has 1 amide bonds. The van der Waals surface area contributed by atoms with E-state index in [4.69, 9.17) is 10.5 Å². The molecule has 4 aromatic rings. The van der Waals surface area contributed by atoms with Crippen molar-refractivity contribution in [2.75, 3.05) is 25.5 Å². The van der Waals surface area contributed by atoms with Crippen LogP contribution in [0.25, 0.3) is 16.6 Å². The van der Waals surface area contributed by atoms with Gasteiger partial charge in [-0.15, -0.1) is 0 Å². The molecule has 2 aromatic heterocycles. The number of aromatic nitrogens is 3. The van der Waals surface area contributed by atoms with Crippen LogP contribution in [0.5, 0.6) is 0 Å². The molecule has 164 valence electrons. The quantitative estimate of drug-likeness (QED) is 0.513. The van der Waals surface area contributed by atoms with Gasteiger partial charge in [0.15, 0.2) is 0 Å². The van der Waals surface area contributed by atoms with E-state index in [-0.39, 0.29) is 12.5 Å². The van der Waals surface area contributed by atoms with Gasteiger partial charge in [-0.1, -0.05) is 12.1 Å². The zero-order valence-electron chi connectivity index (χ0n) is 16.7. The number of benzene rings is 2. The Morgan fingerprint density at radius 2 is 1.91 bits per heavy atom. The molecule has 2 aromatic carbocycles. The lowest BCUT2D eigenvalue weighted by atomic mass is 10.0. The molecule has 1 saturated heterocycles. The van der Waals surface area contributed by atoms with Gasteiger partial charge in [0, 0.05) is 12.1 Å². The van der Waals surface area contributed by atoms with E-state index < -0.39 is 17.8 Å². The Kier molecular flexibility index (Phi) is 4.74. The zero-order valence-corrected chi connectivity index (χ0v) is 16.7. The molecule has 1 aliphatic rings. The second-order valence-corrected chi connectivity index (χ2v) is 7.56. The van der Waals surface area contributed by atoms with Crippen LogP contribution in [0.3, 0.4) is 0 Å². The first-order valence-corrected chi connectivity index (χ1v) is 9.90. The minimum absolute atomic E-state index is 0.203. The molecule has 1 fully saturated rings. The summed E-state index contributed by atoms with van der Waals surface area (Å²) in [7, 11) is 0. The summed E-state index contributed by atoms with van der Waals surface area (Å²) in [4.78, 5) is 23.5. The van der Waals surface area contributed by atoms with Crippen molar-refractivity contribution in [2.45, 2.75) is 12.2 Å². The highest BCUT2D eigenvalue weighted by molar-refractivity contribution is 5.98.